The van der Waals surface area contributed by atoms with Crippen LogP contribution in [0, 0.1) is 6.92 Å². The normalized spacial score (nSPS) is 19.1. The zero-order chi connectivity index (χ0) is 13.3. The van der Waals surface area contributed by atoms with Crippen LogP contribution in [-0.2, 0) is 4.79 Å². The molecule has 2 rings (SSSR count). The fourth-order valence-corrected chi connectivity index (χ4v) is 2.50. The predicted octanol–water partition coefficient (Wildman–Crippen LogP) is 2.45. The first-order valence-corrected chi connectivity index (χ1v) is 6.50. The highest BCUT2D eigenvalue weighted by Crippen LogP contribution is 2.22. The maximum absolute atomic E-state index is 12.6. The van der Waals surface area contributed by atoms with E-state index in [0.717, 1.165) is 36.4 Å². The zero-order valence-electron chi connectivity index (χ0n) is 11.6. The molecule has 0 N–H and O–H groups in total. The highest BCUT2D eigenvalue weighted by atomic mass is 16.2. The maximum Gasteiger partial charge on any atom is 0.271 e. The number of allylic oxidation sites excluding steroid dienone is 1. The van der Waals surface area contributed by atoms with Crippen molar-refractivity contribution in [2.24, 2.45) is 0 Å². The van der Waals surface area contributed by atoms with Crippen molar-refractivity contribution >= 4 is 11.6 Å². The SMILES string of the molecule is CC(C)=C(C(=O)N1CCCC1C)n1cnc(C)c1. The van der Waals surface area contributed by atoms with Gasteiger partial charge in [-0.2, -0.15) is 0 Å². The van der Waals surface area contributed by atoms with Gasteiger partial charge in [0, 0.05) is 18.8 Å². The van der Waals surface area contributed by atoms with E-state index in [4.69, 9.17) is 0 Å². The molecule has 2 heterocycles. The summed E-state index contributed by atoms with van der Waals surface area (Å²) in [5.41, 5.74) is 2.69. The minimum Gasteiger partial charge on any atom is -0.335 e. The third-order valence-corrected chi connectivity index (χ3v) is 3.46. The molecule has 1 saturated heterocycles. The Balaban J connectivity index is 2.32. The Morgan fingerprint density at radius 1 is 1.44 bits per heavy atom. The highest BCUT2D eigenvalue weighted by Gasteiger charge is 2.28. The number of imidazole rings is 1. The van der Waals surface area contributed by atoms with Crippen molar-refractivity contribution in [2.75, 3.05) is 6.54 Å². The zero-order valence-corrected chi connectivity index (χ0v) is 11.6. The van der Waals surface area contributed by atoms with Crippen LogP contribution in [0.2, 0.25) is 0 Å². The quantitative estimate of drug-likeness (QED) is 0.753. The standard InChI is InChI=1S/C14H21N3O/c1-10(2)13(16-8-11(3)15-9-16)14(18)17-7-5-6-12(17)4/h8-9,12H,5-7H2,1-4H3. The van der Waals surface area contributed by atoms with Gasteiger partial charge in [0.1, 0.15) is 5.70 Å². The molecule has 1 unspecified atom stereocenters. The maximum atomic E-state index is 12.6. The molecule has 18 heavy (non-hydrogen) atoms. The molecule has 1 amide bonds. The molecule has 0 aliphatic carbocycles. The average molecular weight is 247 g/mol. The summed E-state index contributed by atoms with van der Waals surface area (Å²) in [6.07, 6.45) is 5.83. The number of aryl methyl sites for hydroxylation is 1. The molecule has 4 nitrogen and oxygen atoms in total. The number of rotatable bonds is 2. The molecule has 4 heteroatoms. The molecule has 0 saturated carbocycles. The van der Waals surface area contributed by atoms with Crippen LogP contribution in [-0.4, -0.2) is 32.9 Å². The number of hydrogen-bond acceptors (Lipinski definition) is 2. The Kier molecular flexibility index (Phi) is 3.55. The Morgan fingerprint density at radius 2 is 2.17 bits per heavy atom. The number of hydrogen-bond donors (Lipinski definition) is 0. The number of aromatic nitrogens is 2. The minimum atomic E-state index is 0.123. The van der Waals surface area contributed by atoms with Gasteiger partial charge in [-0.15, -0.1) is 0 Å². The van der Waals surface area contributed by atoms with E-state index in [1.807, 2.05) is 36.4 Å². The number of nitrogens with zero attached hydrogens (tertiary/aromatic N) is 3. The van der Waals surface area contributed by atoms with E-state index in [9.17, 15) is 4.79 Å². The fraction of sp³-hybridized carbons (Fsp3) is 0.571. The lowest BCUT2D eigenvalue weighted by Gasteiger charge is -2.24. The van der Waals surface area contributed by atoms with Gasteiger partial charge in [0.05, 0.1) is 12.0 Å². The summed E-state index contributed by atoms with van der Waals surface area (Å²) in [7, 11) is 0. The van der Waals surface area contributed by atoms with E-state index in [2.05, 4.69) is 11.9 Å². The second-order valence-corrected chi connectivity index (χ2v) is 5.26. The van der Waals surface area contributed by atoms with Crippen molar-refractivity contribution in [3.63, 3.8) is 0 Å². The first kappa shape index (κ1) is 12.9. The average Bonchev–Trinajstić information content (AvgIpc) is 2.87. The molecule has 1 aliphatic heterocycles. The third-order valence-electron chi connectivity index (χ3n) is 3.46. The van der Waals surface area contributed by atoms with E-state index < -0.39 is 0 Å². The van der Waals surface area contributed by atoms with Crippen molar-refractivity contribution in [3.05, 3.63) is 23.8 Å². The largest absolute Gasteiger partial charge is 0.335 e. The first-order valence-electron chi connectivity index (χ1n) is 6.50. The summed E-state index contributed by atoms with van der Waals surface area (Å²) >= 11 is 0. The summed E-state index contributed by atoms with van der Waals surface area (Å²) < 4.78 is 1.85. The Morgan fingerprint density at radius 3 is 2.61 bits per heavy atom. The van der Waals surface area contributed by atoms with Crippen LogP contribution in [0.5, 0.6) is 0 Å². The van der Waals surface area contributed by atoms with E-state index in [1.165, 1.54) is 0 Å². The van der Waals surface area contributed by atoms with Gasteiger partial charge >= 0.3 is 0 Å². The summed E-state index contributed by atoms with van der Waals surface area (Å²) in [4.78, 5) is 18.8. The topological polar surface area (TPSA) is 38.1 Å². The van der Waals surface area contributed by atoms with Gasteiger partial charge in [0.2, 0.25) is 0 Å². The van der Waals surface area contributed by atoms with Gasteiger partial charge in [0.25, 0.3) is 5.91 Å². The molecule has 1 aromatic heterocycles. The smallest absolute Gasteiger partial charge is 0.271 e. The number of amides is 1. The number of carbonyl (C=O) groups excluding carboxylic acids is 1. The third kappa shape index (κ3) is 2.33. The fourth-order valence-electron chi connectivity index (χ4n) is 2.50. The van der Waals surface area contributed by atoms with Gasteiger partial charge in [0.15, 0.2) is 0 Å². The molecule has 0 radical (unpaired) electrons. The van der Waals surface area contributed by atoms with Crippen LogP contribution in [0.4, 0.5) is 0 Å². The summed E-state index contributed by atoms with van der Waals surface area (Å²) in [5, 5.41) is 0. The molecule has 0 bridgehead atoms. The van der Waals surface area contributed by atoms with E-state index in [1.54, 1.807) is 6.33 Å². The number of likely N-dealkylation sites (tertiary alicyclic amines) is 1. The van der Waals surface area contributed by atoms with Crippen LogP contribution in [0.25, 0.3) is 5.70 Å². The Bertz CT molecular complexity index is 483. The van der Waals surface area contributed by atoms with Crippen LogP contribution >= 0.6 is 0 Å². The molecule has 1 atom stereocenters. The molecule has 0 spiro atoms. The molecular formula is C14H21N3O. The molecule has 0 aromatic carbocycles. The Labute approximate surface area is 108 Å². The molecular weight excluding hydrogens is 226 g/mol. The van der Waals surface area contributed by atoms with Gasteiger partial charge in [-0.3, -0.25) is 4.79 Å². The summed E-state index contributed by atoms with van der Waals surface area (Å²) in [5.74, 6) is 0.123. The predicted molar refractivity (Wildman–Crippen MR) is 71.9 cm³/mol. The van der Waals surface area contributed by atoms with Crippen LogP contribution in [0.15, 0.2) is 18.1 Å². The molecule has 1 aliphatic rings. The first-order chi connectivity index (χ1) is 8.50. The second kappa shape index (κ2) is 4.96. The van der Waals surface area contributed by atoms with Crippen LogP contribution < -0.4 is 0 Å². The minimum absolute atomic E-state index is 0.123. The van der Waals surface area contributed by atoms with Crippen molar-refractivity contribution < 1.29 is 4.79 Å². The van der Waals surface area contributed by atoms with Gasteiger partial charge in [-0.1, -0.05) is 0 Å². The van der Waals surface area contributed by atoms with Crippen molar-refractivity contribution in [3.8, 4) is 0 Å². The van der Waals surface area contributed by atoms with Crippen molar-refractivity contribution in [2.45, 2.75) is 46.6 Å². The number of carbonyl (C=O) groups is 1. The summed E-state index contributed by atoms with van der Waals surface area (Å²) in [6, 6.07) is 0.344. The van der Waals surface area contributed by atoms with Crippen LogP contribution in [0.3, 0.4) is 0 Å². The lowest BCUT2D eigenvalue weighted by Crippen LogP contribution is -2.35. The van der Waals surface area contributed by atoms with Crippen LogP contribution in [0.1, 0.15) is 39.3 Å². The molecule has 1 fully saturated rings. The second-order valence-electron chi connectivity index (χ2n) is 5.26. The highest BCUT2D eigenvalue weighted by molar-refractivity contribution is 6.14. The van der Waals surface area contributed by atoms with Gasteiger partial charge in [-0.25, -0.2) is 4.98 Å². The van der Waals surface area contributed by atoms with Gasteiger partial charge < -0.3 is 9.47 Å². The lowest BCUT2D eigenvalue weighted by atomic mass is 10.2. The van der Waals surface area contributed by atoms with Crippen molar-refractivity contribution in [1.29, 1.82) is 0 Å². The molecule has 98 valence electrons. The van der Waals surface area contributed by atoms with Gasteiger partial charge in [-0.05, 0) is 46.1 Å². The lowest BCUT2D eigenvalue weighted by molar-refractivity contribution is -0.125. The van der Waals surface area contributed by atoms with E-state index in [-0.39, 0.29) is 5.91 Å². The Hall–Kier alpha value is -1.58. The van der Waals surface area contributed by atoms with Crippen molar-refractivity contribution in [1.82, 2.24) is 14.5 Å². The molecule has 1 aromatic rings. The van der Waals surface area contributed by atoms with E-state index in [0.29, 0.717) is 6.04 Å². The monoisotopic (exact) mass is 247 g/mol. The summed E-state index contributed by atoms with van der Waals surface area (Å²) in [6.45, 7) is 8.87. The van der Waals surface area contributed by atoms with E-state index >= 15 is 0 Å².